The maximum atomic E-state index is 13.3. The monoisotopic (exact) mass is 355 g/mol. The number of esters is 2. The smallest absolute Gasteiger partial charge is 0.327 e. The van der Waals surface area contributed by atoms with Gasteiger partial charge in [0.05, 0.1) is 14.2 Å². The summed E-state index contributed by atoms with van der Waals surface area (Å²) in [6.07, 6.45) is 3.79. The van der Waals surface area contributed by atoms with E-state index in [1.54, 1.807) is 0 Å². The molecule has 3 rings (SSSR count). The van der Waals surface area contributed by atoms with E-state index >= 15 is 0 Å². The average Bonchev–Trinajstić information content (AvgIpc) is 3.11. The van der Waals surface area contributed by atoms with Crippen molar-refractivity contribution in [1.29, 1.82) is 0 Å². The van der Waals surface area contributed by atoms with Crippen LogP contribution in [0.1, 0.15) is 19.3 Å². The highest BCUT2D eigenvalue weighted by Crippen LogP contribution is 2.44. The number of hydrogen-bond acceptors (Lipinski definition) is 5. The van der Waals surface area contributed by atoms with Crippen molar-refractivity contribution in [3.63, 3.8) is 0 Å². The first kappa shape index (κ1) is 17.9. The summed E-state index contributed by atoms with van der Waals surface area (Å²) < 4.78 is 11.2. The van der Waals surface area contributed by atoms with Gasteiger partial charge in [0.25, 0.3) is 0 Å². The number of aromatic nitrogens is 1. The third-order valence-corrected chi connectivity index (χ3v) is 5.05. The molecule has 0 unspecified atom stereocenters. The minimum atomic E-state index is -1.57. The lowest BCUT2D eigenvalue weighted by Crippen LogP contribution is -2.54. The predicted octanol–water partition coefficient (Wildman–Crippen LogP) is 2.57. The highest BCUT2D eigenvalue weighted by atomic mass is 16.5. The van der Waals surface area contributed by atoms with Crippen LogP contribution < -0.4 is 0 Å². The van der Waals surface area contributed by atoms with Crippen LogP contribution in [0.25, 0.3) is 11.3 Å². The van der Waals surface area contributed by atoms with Gasteiger partial charge in [-0.25, -0.2) is 0 Å². The van der Waals surface area contributed by atoms with Crippen LogP contribution in [0, 0.1) is 5.92 Å². The number of rotatable bonds is 6. The van der Waals surface area contributed by atoms with Crippen LogP contribution in [-0.4, -0.2) is 36.5 Å². The number of ether oxygens (including phenoxy) is 2. The van der Waals surface area contributed by atoms with E-state index in [0.717, 1.165) is 31.9 Å². The van der Waals surface area contributed by atoms with Gasteiger partial charge in [0.1, 0.15) is 5.54 Å². The van der Waals surface area contributed by atoms with Gasteiger partial charge in [-0.2, -0.15) is 0 Å². The summed E-state index contributed by atoms with van der Waals surface area (Å²) in [7, 11) is 2.31. The molecule has 1 aliphatic carbocycles. The van der Waals surface area contributed by atoms with E-state index in [1.165, 1.54) is 0 Å². The lowest BCUT2D eigenvalue weighted by Gasteiger charge is -2.44. The third-order valence-electron chi connectivity index (χ3n) is 5.05. The SMILES string of the molecule is COC(=O)C(C(=O)OC)C(=O)C1(n2cccc2-c2ccccc2)CCC1. The van der Waals surface area contributed by atoms with Crippen LogP contribution in [0.4, 0.5) is 0 Å². The molecule has 0 spiro atoms. The van der Waals surface area contributed by atoms with Crippen LogP contribution in [0.2, 0.25) is 0 Å². The first-order valence-corrected chi connectivity index (χ1v) is 8.48. The molecule has 1 fully saturated rings. The van der Waals surface area contributed by atoms with E-state index < -0.39 is 29.2 Å². The van der Waals surface area contributed by atoms with Crippen molar-refractivity contribution in [3.05, 3.63) is 48.7 Å². The van der Waals surface area contributed by atoms with Gasteiger partial charge in [0.2, 0.25) is 5.92 Å². The minimum Gasteiger partial charge on any atom is -0.468 e. The van der Waals surface area contributed by atoms with Crippen LogP contribution in [0.5, 0.6) is 0 Å². The summed E-state index contributed by atoms with van der Waals surface area (Å²) >= 11 is 0. The summed E-state index contributed by atoms with van der Waals surface area (Å²) in [5.41, 5.74) is 0.887. The van der Waals surface area contributed by atoms with Crippen molar-refractivity contribution >= 4 is 17.7 Å². The molecule has 0 radical (unpaired) electrons. The molecule has 6 nitrogen and oxygen atoms in total. The molecule has 0 atom stereocenters. The normalized spacial score (nSPS) is 15.2. The maximum Gasteiger partial charge on any atom is 0.327 e. The first-order valence-electron chi connectivity index (χ1n) is 8.48. The van der Waals surface area contributed by atoms with E-state index in [-0.39, 0.29) is 0 Å². The van der Waals surface area contributed by atoms with Crippen LogP contribution >= 0.6 is 0 Å². The Labute approximate surface area is 151 Å². The summed E-state index contributed by atoms with van der Waals surface area (Å²) in [6.45, 7) is 0. The topological polar surface area (TPSA) is 74.6 Å². The Morgan fingerprint density at radius 1 is 0.962 bits per heavy atom. The van der Waals surface area contributed by atoms with E-state index in [9.17, 15) is 14.4 Å². The van der Waals surface area contributed by atoms with Gasteiger partial charge >= 0.3 is 11.9 Å². The summed E-state index contributed by atoms with van der Waals surface area (Å²) in [5, 5.41) is 0. The van der Waals surface area contributed by atoms with Crippen molar-refractivity contribution in [3.8, 4) is 11.3 Å². The Morgan fingerprint density at radius 3 is 2.08 bits per heavy atom. The maximum absolute atomic E-state index is 13.3. The molecule has 1 saturated carbocycles. The van der Waals surface area contributed by atoms with Gasteiger partial charge < -0.3 is 14.0 Å². The highest BCUT2D eigenvalue weighted by Gasteiger charge is 2.53. The molecule has 6 heteroatoms. The molecular weight excluding hydrogens is 334 g/mol. The van der Waals surface area contributed by atoms with Crippen molar-refractivity contribution in [2.24, 2.45) is 5.92 Å². The average molecular weight is 355 g/mol. The number of methoxy groups -OCH3 is 2. The molecule has 0 amide bonds. The zero-order chi connectivity index (χ0) is 18.7. The fourth-order valence-corrected chi connectivity index (χ4v) is 3.53. The molecule has 1 aromatic carbocycles. The lowest BCUT2D eigenvalue weighted by molar-refractivity contribution is -0.165. The molecule has 1 aromatic heterocycles. The second-order valence-electron chi connectivity index (χ2n) is 6.36. The highest BCUT2D eigenvalue weighted by molar-refractivity contribution is 6.17. The van der Waals surface area contributed by atoms with Crippen LogP contribution in [0.15, 0.2) is 48.7 Å². The number of Topliss-reactive ketones (excluding diaryl/α,β-unsaturated/α-hetero) is 1. The van der Waals surface area contributed by atoms with Crippen LogP contribution in [0.3, 0.4) is 0 Å². The molecule has 0 saturated heterocycles. The molecule has 0 aliphatic heterocycles. The van der Waals surface area contributed by atoms with Gasteiger partial charge in [0.15, 0.2) is 5.78 Å². The molecule has 26 heavy (non-hydrogen) atoms. The van der Waals surface area contributed by atoms with Crippen molar-refractivity contribution in [1.82, 2.24) is 4.57 Å². The molecule has 0 bridgehead atoms. The van der Waals surface area contributed by atoms with E-state index in [4.69, 9.17) is 0 Å². The van der Waals surface area contributed by atoms with Crippen LogP contribution in [-0.2, 0) is 29.4 Å². The minimum absolute atomic E-state index is 0.476. The molecule has 1 heterocycles. The summed E-state index contributed by atoms with van der Waals surface area (Å²) in [4.78, 5) is 37.5. The fourth-order valence-electron chi connectivity index (χ4n) is 3.53. The van der Waals surface area contributed by atoms with E-state index in [1.807, 2.05) is 53.2 Å². The van der Waals surface area contributed by atoms with Crippen molar-refractivity contribution in [2.45, 2.75) is 24.8 Å². The Morgan fingerprint density at radius 2 is 1.58 bits per heavy atom. The summed E-state index contributed by atoms with van der Waals surface area (Å²) in [5.74, 6) is -3.82. The Kier molecular flexibility index (Phi) is 4.93. The van der Waals surface area contributed by atoms with Gasteiger partial charge in [-0.3, -0.25) is 14.4 Å². The Balaban J connectivity index is 2.05. The molecule has 0 N–H and O–H groups in total. The first-order chi connectivity index (χ1) is 12.5. The van der Waals surface area contributed by atoms with Gasteiger partial charge in [-0.15, -0.1) is 0 Å². The van der Waals surface area contributed by atoms with Gasteiger partial charge in [-0.05, 0) is 37.0 Å². The molecular formula is C20H21NO5. The second-order valence-corrected chi connectivity index (χ2v) is 6.36. The van der Waals surface area contributed by atoms with Crippen molar-refractivity contribution in [2.75, 3.05) is 14.2 Å². The van der Waals surface area contributed by atoms with E-state index in [0.29, 0.717) is 12.8 Å². The standard InChI is InChI=1S/C20H21NO5/c1-25-18(23)16(19(24)26-2)17(22)20(11-7-12-20)21-13-6-10-15(21)14-8-4-3-5-9-14/h3-6,8-10,13,16H,7,11-12H2,1-2H3. The molecule has 1 aliphatic rings. The number of ketones is 1. The lowest BCUT2D eigenvalue weighted by atomic mass is 9.69. The number of hydrogen-bond donors (Lipinski definition) is 0. The Bertz CT molecular complexity index is 804. The number of nitrogens with zero attached hydrogens (tertiary/aromatic N) is 1. The Hall–Kier alpha value is -2.89. The largest absolute Gasteiger partial charge is 0.468 e. The third kappa shape index (κ3) is 2.81. The number of carbonyl (C=O) groups is 3. The van der Waals surface area contributed by atoms with E-state index in [2.05, 4.69) is 9.47 Å². The zero-order valence-electron chi connectivity index (χ0n) is 14.8. The zero-order valence-corrected chi connectivity index (χ0v) is 14.8. The fraction of sp³-hybridized carbons (Fsp3) is 0.350. The van der Waals surface area contributed by atoms with Gasteiger partial charge in [-0.1, -0.05) is 30.3 Å². The predicted molar refractivity (Wildman–Crippen MR) is 94.2 cm³/mol. The summed E-state index contributed by atoms with van der Waals surface area (Å²) in [6, 6.07) is 13.5. The molecule has 2 aromatic rings. The molecule has 136 valence electrons. The number of carbonyl (C=O) groups excluding carboxylic acids is 3. The van der Waals surface area contributed by atoms with Gasteiger partial charge in [0, 0.05) is 11.9 Å². The quantitative estimate of drug-likeness (QED) is 0.588. The number of benzene rings is 1. The van der Waals surface area contributed by atoms with Crippen molar-refractivity contribution < 1.29 is 23.9 Å². The second kappa shape index (κ2) is 7.15.